The Morgan fingerprint density at radius 2 is 1.90 bits per heavy atom. The van der Waals surface area contributed by atoms with Crippen LogP contribution in [0.15, 0.2) is 18.6 Å². The molecule has 2 fully saturated rings. The maximum absolute atomic E-state index is 4.87. The van der Waals surface area contributed by atoms with Gasteiger partial charge in [-0.15, -0.1) is 0 Å². The van der Waals surface area contributed by atoms with Crippen molar-refractivity contribution < 1.29 is 0 Å². The lowest BCUT2D eigenvalue weighted by Crippen LogP contribution is -2.04. The van der Waals surface area contributed by atoms with E-state index in [-0.39, 0.29) is 0 Å². The SMILES string of the molecule is c1[nH]c2ncc3nc(C4CCCCC4)cn3c2c1C1CC1. The van der Waals surface area contributed by atoms with Crippen molar-refractivity contribution in [2.75, 3.05) is 0 Å². The summed E-state index contributed by atoms with van der Waals surface area (Å²) in [6, 6.07) is 0. The van der Waals surface area contributed by atoms with Crippen LogP contribution in [-0.2, 0) is 0 Å². The summed E-state index contributed by atoms with van der Waals surface area (Å²) in [6.45, 7) is 0. The van der Waals surface area contributed by atoms with E-state index in [1.807, 2.05) is 6.20 Å². The molecule has 0 unspecified atom stereocenters. The molecule has 2 saturated carbocycles. The first-order valence-electron chi connectivity index (χ1n) is 8.25. The Balaban J connectivity index is 1.69. The largest absolute Gasteiger partial charge is 0.345 e. The molecular formula is C17H20N4. The van der Waals surface area contributed by atoms with Gasteiger partial charge in [-0.3, -0.25) is 4.40 Å². The quantitative estimate of drug-likeness (QED) is 0.767. The highest BCUT2D eigenvalue weighted by Gasteiger charge is 2.28. The normalized spacial score (nSPS) is 20.6. The number of nitrogens with zero attached hydrogens (tertiary/aromatic N) is 3. The van der Waals surface area contributed by atoms with Crippen molar-refractivity contribution in [1.29, 1.82) is 0 Å². The molecule has 2 aliphatic rings. The van der Waals surface area contributed by atoms with Gasteiger partial charge in [-0.05, 0) is 37.2 Å². The Kier molecular flexibility index (Phi) is 2.43. The molecule has 4 heteroatoms. The number of aromatic amines is 1. The summed E-state index contributed by atoms with van der Waals surface area (Å²) in [5, 5.41) is 0. The molecule has 0 aliphatic heterocycles. The first kappa shape index (κ1) is 11.8. The zero-order valence-electron chi connectivity index (χ0n) is 12.2. The molecule has 0 atom stereocenters. The van der Waals surface area contributed by atoms with E-state index >= 15 is 0 Å². The van der Waals surface area contributed by atoms with Gasteiger partial charge in [-0.2, -0.15) is 0 Å². The number of H-pyrrole nitrogens is 1. The Bertz CT molecular complexity index is 803. The maximum Gasteiger partial charge on any atom is 0.156 e. The molecular weight excluding hydrogens is 260 g/mol. The van der Waals surface area contributed by atoms with Crippen LogP contribution < -0.4 is 0 Å². The molecule has 3 heterocycles. The van der Waals surface area contributed by atoms with Crippen LogP contribution >= 0.6 is 0 Å². The Morgan fingerprint density at radius 1 is 1.05 bits per heavy atom. The lowest BCUT2D eigenvalue weighted by Gasteiger charge is -2.19. The lowest BCUT2D eigenvalue weighted by atomic mass is 9.87. The van der Waals surface area contributed by atoms with Gasteiger partial charge < -0.3 is 4.98 Å². The van der Waals surface area contributed by atoms with E-state index in [0.29, 0.717) is 5.92 Å². The Labute approximate surface area is 123 Å². The van der Waals surface area contributed by atoms with E-state index in [1.54, 1.807) is 0 Å². The molecule has 5 rings (SSSR count). The van der Waals surface area contributed by atoms with Crippen molar-refractivity contribution in [3.05, 3.63) is 29.8 Å². The lowest BCUT2D eigenvalue weighted by molar-refractivity contribution is 0.438. The van der Waals surface area contributed by atoms with Gasteiger partial charge in [0.15, 0.2) is 11.3 Å². The van der Waals surface area contributed by atoms with Gasteiger partial charge in [0.25, 0.3) is 0 Å². The van der Waals surface area contributed by atoms with Crippen molar-refractivity contribution in [3.8, 4) is 0 Å². The summed E-state index contributed by atoms with van der Waals surface area (Å²) in [6.07, 6.45) is 15.6. The number of nitrogens with one attached hydrogen (secondary N) is 1. The zero-order chi connectivity index (χ0) is 13.8. The summed E-state index contributed by atoms with van der Waals surface area (Å²) in [5.41, 5.74) is 5.95. The minimum Gasteiger partial charge on any atom is -0.345 e. The molecule has 0 saturated heterocycles. The van der Waals surface area contributed by atoms with Gasteiger partial charge in [0.1, 0.15) is 0 Å². The summed E-state index contributed by atoms with van der Waals surface area (Å²) < 4.78 is 2.27. The predicted molar refractivity (Wildman–Crippen MR) is 82.6 cm³/mol. The molecule has 0 aromatic carbocycles. The van der Waals surface area contributed by atoms with Crippen LogP contribution in [0.5, 0.6) is 0 Å². The van der Waals surface area contributed by atoms with E-state index < -0.39 is 0 Å². The molecule has 2 aliphatic carbocycles. The second-order valence-electron chi connectivity index (χ2n) is 6.70. The molecule has 21 heavy (non-hydrogen) atoms. The molecule has 3 aromatic heterocycles. The fourth-order valence-corrected chi connectivity index (χ4v) is 3.88. The first-order chi connectivity index (χ1) is 10.4. The third-order valence-corrected chi connectivity index (χ3v) is 5.20. The third-order valence-electron chi connectivity index (χ3n) is 5.20. The predicted octanol–water partition coefficient (Wildman–Crippen LogP) is 4.14. The van der Waals surface area contributed by atoms with Crippen molar-refractivity contribution >= 4 is 16.8 Å². The van der Waals surface area contributed by atoms with Crippen LogP contribution in [0.2, 0.25) is 0 Å². The van der Waals surface area contributed by atoms with Crippen LogP contribution in [0.25, 0.3) is 16.8 Å². The van der Waals surface area contributed by atoms with Crippen LogP contribution in [0.3, 0.4) is 0 Å². The summed E-state index contributed by atoms with van der Waals surface area (Å²) >= 11 is 0. The molecule has 0 amide bonds. The number of aromatic nitrogens is 4. The minimum atomic E-state index is 0.650. The fourth-order valence-electron chi connectivity index (χ4n) is 3.88. The highest BCUT2D eigenvalue weighted by atomic mass is 15.1. The summed E-state index contributed by atoms with van der Waals surface area (Å²) in [4.78, 5) is 12.8. The monoisotopic (exact) mass is 280 g/mol. The average Bonchev–Trinajstić information content (AvgIpc) is 3.13. The molecule has 0 spiro atoms. The second kappa shape index (κ2) is 4.33. The van der Waals surface area contributed by atoms with Gasteiger partial charge in [0, 0.05) is 18.3 Å². The number of rotatable bonds is 2. The first-order valence-corrected chi connectivity index (χ1v) is 8.25. The molecule has 4 nitrogen and oxygen atoms in total. The van der Waals surface area contributed by atoms with E-state index in [0.717, 1.165) is 17.2 Å². The van der Waals surface area contributed by atoms with Crippen molar-refractivity contribution in [2.45, 2.75) is 56.8 Å². The smallest absolute Gasteiger partial charge is 0.156 e. The summed E-state index contributed by atoms with van der Waals surface area (Å²) in [7, 11) is 0. The van der Waals surface area contributed by atoms with Gasteiger partial charge in [0.2, 0.25) is 0 Å². The molecule has 108 valence electrons. The second-order valence-corrected chi connectivity index (χ2v) is 6.70. The van der Waals surface area contributed by atoms with Crippen LogP contribution in [0.4, 0.5) is 0 Å². The molecule has 0 bridgehead atoms. The van der Waals surface area contributed by atoms with Crippen LogP contribution in [-0.4, -0.2) is 19.4 Å². The summed E-state index contributed by atoms with van der Waals surface area (Å²) in [5.74, 6) is 1.38. The standard InChI is InChI=1S/C17H20N4/c1-2-4-12(5-3-1)14-10-21-15(20-14)9-19-17-16(21)13(8-18-17)11-6-7-11/h8-12,18H,1-7H2. The highest BCUT2D eigenvalue weighted by molar-refractivity contribution is 5.79. The molecule has 3 aromatic rings. The maximum atomic E-state index is 4.87. The van der Waals surface area contributed by atoms with Gasteiger partial charge in [-0.1, -0.05) is 19.3 Å². The molecule has 0 radical (unpaired) electrons. The number of hydrogen-bond acceptors (Lipinski definition) is 2. The van der Waals surface area contributed by atoms with E-state index in [9.17, 15) is 0 Å². The number of fused-ring (bicyclic) bond motifs is 3. The van der Waals surface area contributed by atoms with E-state index in [2.05, 4.69) is 26.8 Å². The van der Waals surface area contributed by atoms with Gasteiger partial charge in [0.05, 0.1) is 17.4 Å². The van der Waals surface area contributed by atoms with Gasteiger partial charge in [-0.25, -0.2) is 9.97 Å². The topological polar surface area (TPSA) is 46.0 Å². The van der Waals surface area contributed by atoms with Crippen LogP contribution in [0.1, 0.15) is 68.0 Å². The van der Waals surface area contributed by atoms with Crippen molar-refractivity contribution in [2.24, 2.45) is 0 Å². The zero-order valence-corrected chi connectivity index (χ0v) is 12.2. The highest BCUT2D eigenvalue weighted by Crippen LogP contribution is 2.43. The third kappa shape index (κ3) is 1.81. The Morgan fingerprint density at radius 3 is 2.71 bits per heavy atom. The van der Waals surface area contributed by atoms with Crippen LogP contribution in [0, 0.1) is 0 Å². The minimum absolute atomic E-state index is 0.650. The number of imidazole rings is 1. The fraction of sp³-hybridized carbons (Fsp3) is 0.529. The van der Waals surface area contributed by atoms with Crippen molar-refractivity contribution in [3.63, 3.8) is 0 Å². The average molecular weight is 280 g/mol. The van der Waals surface area contributed by atoms with E-state index in [1.165, 1.54) is 61.7 Å². The van der Waals surface area contributed by atoms with Gasteiger partial charge >= 0.3 is 0 Å². The van der Waals surface area contributed by atoms with Crippen molar-refractivity contribution in [1.82, 2.24) is 19.4 Å². The number of hydrogen-bond donors (Lipinski definition) is 1. The molecule has 1 N–H and O–H groups in total. The Hall–Kier alpha value is -1.84. The van der Waals surface area contributed by atoms with E-state index in [4.69, 9.17) is 4.98 Å².